The Labute approximate surface area is 118 Å². The van der Waals surface area contributed by atoms with Gasteiger partial charge in [-0.3, -0.25) is 0 Å². The second-order valence-corrected chi connectivity index (χ2v) is 7.44. The van der Waals surface area contributed by atoms with Crippen LogP contribution in [0.4, 0.5) is 0 Å². The number of rotatable bonds is 5. The highest BCUT2D eigenvalue weighted by atomic mass is 32.2. The highest BCUT2D eigenvalue weighted by molar-refractivity contribution is 7.99. The molecule has 0 saturated heterocycles. The molecule has 3 unspecified atom stereocenters. The van der Waals surface area contributed by atoms with Crippen molar-refractivity contribution in [2.75, 3.05) is 5.75 Å². The Kier molecular flexibility index (Phi) is 3.07. The van der Waals surface area contributed by atoms with Crippen LogP contribution in [0.2, 0.25) is 0 Å². The summed E-state index contributed by atoms with van der Waals surface area (Å²) in [5.74, 6) is 5.17. The van der Waals surface area contributed by atoms with Crippen LogP contribution in [0, 0.1) is 17.8 Å². The molecule has 3 fully saturated rings. The van der Waals surface area contributed by atoms with Crippen LogP contribution >= 0.6 is 11.8 Å². The van der Waals surface area contributed by atoms with Crippen molar-refractivity contribution in [3.8, 4) is 0 Å². The Morgan fingerprint density at radius 2 is 2.05 bits per heavy atom. The fourth-order valence-electron chi connectivity index (χ4n) is 4.01. The third kappa shape index (κ3) is 2.21. The first kappa shape index (κ1) is 12.2. The quantitative estimate of drug-likeness (QED) is 0.841. The molecule has 3 atom stereocenters. The topological polar surface area (TPSA) is 56.7 Å². The average Bonchev–Trinajstić information content (AvgIpc) is 2.90. The van der Waals surface area contributed by atoms with Gasteiger partial charge in [0.15, 0.2) is 5.16 Å². The van der Waals surface area contributed by atoms with E-state index in [4.69, 9.17) is 5.73 Å². The monoisotopic (exact) mass is 278 g/mol. The molecule has 2 N–H and O–H groups in total. The van der Waals surface area contributed by atoms with Crippen LogP contribution in [-0.4, -0.2) is 20.5 Å². The molecule has 5 heteroatoms. The minimum absolute atomic E-state index is 0.512. The average molecular weight is 278 g/mol. The molecule has 3 aliphatic carbocycles. The van der Waals surface area contributed by atoms with E-state index < -0.39 is 0 Å². The van der Waals surface area contributed by atoms with Crippen molar-refractivity contribution in [1.29, 1.82) is 0 Å². The highest BCUT2D eigenvalue weighted by Gasteiger charge is 2.39. The highest BCUT2D eigenvalue weighted by Crippen LogP contribution is 2.50. The van der Waals surface area contributed by atoms with Gasteiger partial charge in [-0.15, -0.1) is 10.2 Å². The van der Waals surface area contributed by atoms with E-state index in [2.05, 4.69) is 14.8 Å². The van der Waals surface area contributed by atoms with Crippen LogP contribution in [-0.2, 0) is 6.54 Å². The number of thioether (sulfide) groups is 1. The molecule has 104 valence electrons. The summed E-state index contributed by atoms with van der Waals surface area (Å²) >= 11 is 1.92. The summed E-state index contributed by atoms with van der Waals surface area (Å²) in [5.41, 5.74) is 5.76. The van der Waals surface area contributed by atoms with Crippen molar-refractivity contribution < 1.29 is 0 Å². The fraction of sp³-hybridized carbons (Fsp3) is 0.857. The molecule has 0 spiro atoms. The van der Waals surface area contributed by atoms with E-state index in [0.717, 1.165) is 28.7 Å². The van der Waals surface area contributed by atoms with Crippen molar-refractivity contribution in [2.45, 2.75) is 56.3 Å². The summed E-state index contributed by atoms with van der Waals surface area (Å²) < 4.78 is 2.30. The maximum Gasteiger partial charge on any atom is 0.191 e. The molecule has 1 heterocycles. The third-order valence-electron chi connectivity index (χ3n) is 5.14. The lowest BCUT2D eigenvalue weighted by molar-refractivity contribution is 0.365. The smallest absolute Gasteiger partial charge is 0.191 e. The second-order valence-electron chi connectivity index (χ2n) is 6.45. The van der Waals surface area contributed by atoms with Gasteiger partial charge in [-0.25, -0.2) is 0 Å². The largest absolute Gasteiger partial charge is 0.324 e. The van der Waals surface area contributed by atoms with Gasteiger partial charge in [0.25, 0.3) is 0 Å². The number of aromatic nitrogens is 3. The lowest BCUT2D eigenvalue weighted by Gasteiger charge is -2.20. The van der Waals surface area contributed by atoms with Crippen LogP contribution in [0.5, 0.6) is 0 Å². The summed E-state index contributed by atoms with van der Waals surface area (Å²) in [4.78, 5) is 0. The maximum absolute atomic E-state index is 5.76. The van der Waals surface area contributed by atoms with Crippen molar-refractivity contribution in [2.24, 2.45) is 23.5 Å². The Balaban J connectivity index is 1.44. The van der Waals surface area contributed by atoms with Crippen molar-refractivity contribution in [3.63, 3.8) is 0 Å². The molecule has 3 aliphatic rings. The van der Waals surface area contributed by atoms with Gasteiger partial charge in [-0.05, 0) is 49.9 Å². The van der Waals surface area contributed by atoms with Crippen molar-refractivity contribution >= 4 is 11.8 Å². The van der Waals surface area contributed by atoms with Crippen LogP contribution in [0.15, 0.2) is 5.16 Å². The minimum Gasteiger partial charge on any atom is -0.324 e. The molecule has 19 heavy (non-hydrogen) atoms. The van der Waals surface area contributed by atoms with Crippen LogP contribution in [0.1, 0.15) is 50.4 Å². The molecule has 0 radical (unpaired) electrons. The van der Waals surface area contributed by atoms with Crippen LogP contribution < -0.4 is 5.73 Å². The van der Waals surface area contributed by atoms with E-state index in [-0.39, 0.29) is 0 Å². The number of nitrogens with two attached hydrogens (primary N) is 1. The Morgan fingerprint density at radius 3 is 2.68 bits per heavy atom. The van der Waals surface area contributed by atoms with E-state index in [1.165, 1.54) is 44.3 Å². The van der Waals surface area contributed by atoms with E-state index >= 15 is 0 Å². The molecule has 1 aromatic heterocycles. The Bertz CT molecular complexity index is 468. The Morgan fingerprint density at radius 1 is 1.16 bits per heavy atom. The van der Waals surface area contributed by atoms with Gasteiger partial charge >= 0.3 is 0 Å². The SMILES string of the molecule is NCc1nnc(SCC2CC3CCC2C3)n1C1CC1. The predicted octanol–water partition coefficient (Wildman–Crippen LogP) is 2.60. The first-order chi connectivity index (χ1) is 9.35. The lowest BCUT2D eigenvalue weighted by atomic mass is 9.90. The number of hydrogen-bond acceptors (Lipinski definition) is 4. The molecule has 0 aromatic carbocycles. The Hall–Kier alpha value is -0.550. The molecule has 0 aliphatic heterocycles. The summed E-state index contributed by atoms with van der Waals surface area (Å²) in [6.45, 7) is 0.512. The van der Waals surface area contributed by atoms with E-state index in [1.54, 1.807) is 0 Å². The molecule has 3 saturated carbocycles. The zero-order valence-electron chi connectivity index (χ0n) is 11.3. The summed E-state index contributed by atoms with van der Waals surface area (Å²) in [5, 5.41) is 9.74. The van der Waals surface area contributed by atoms with E-state index in [1.807, 2.05) is 11.8 Å². The molecule has 2 bridgehead atoms. The van der Waals surface area contributed by atoms with E-state index in [0.29, 0.717) is 12.6 Å². The van der Waals surface area contributed by atoms with Gasteiger partial charge in [0.05, 0.1) is 6.54 Å². The van der Waals surface area contributed by atoms with Crippen molar-refractivity contribution in [1.82, 2.24) is 14.8 Å². The molecule has 4 rings (SSSR count). The summed E-state index contributed by atoms with van der Waals surface area (Å²) in [6.07, 6.45) is 8.45. The normalized spacial score (nSPS) is 33.2. The number of nitrogens with zero attached hydrogens (tertiary/aromatic N) is 3. The molecule has 4 nitrogen and oxygen atoms in total. The first-order valence-electron chi connectivity index (χ1n) is 7.61. The predicted molar refractivity (Wildman–Crippen MR) is 75.8 cm³/mol. The number of hydrogen-bond donors (Lipinski definition) is 1. The van der Waals surface area contributed by atoms with E-state index in [9.17, 15) is 0 Å². The van der Waals surface area contributed by atoms with Crippen molar-refractivity contribution in [3.05, 3.63) is 5.82 Å². The minimum atomic E-state index is 0.512. The molecule has 1 aromatic rings. The zero-order chi connectivity index (χ0) is 12.8. The van der Waals surface area contributed by atoms with Gasteiger partial charge in [0.1, 0.15) is 5.82 Å². The fourth-order valence-corrected chi connectivity index (χ4v) is 5.27. The van der Waals surface area contributed by atoms with Gasteiger partial charge in [0, 0.05) is 11.8 Å². The van der Waals surface area contributed by atoms with Gasteiger partial charge in [0.2, 0.25) is 0 Å². The summed E-state index contributed by atoms with van der Waals surface area (Å²) in [6, 6.07) is 0.635. The lowest BCUT2D eigenvalue weighted by Crippen LogP contribution is -2.13. The molecular formula is C14H22N4S. The van der Waals surface area contributed by atoms with Gasteiger partial charge in [-0.1, -0.05) is 18.2 Å². The maximum atomic E-state index is 5.76. The van der Waals surface area contributed by atoms with Gasteiger partial charge < -0.3 is 10.3 Å². The van der Waals surface area contributed by atoms with Crippen LogP contribution in [0.25, 0.3) is 0 Å². The van der Waals surface area contributed by atoms with Crippen LogP contribution in [0.3, 0.4) is 0 Å². The van der Waals surface area contributed by atoms with Gasteiger partial charge in [-0.2, -0.15) is 0 Å². The zero-order valence-corrected chi connectivity index (χ0v) is 12.1. The second kappa shape index (κ2) is 4.77. The molecular weight excluding hydrogens is 256 g/mol. The first-order valence-corrected chi connectivity index (χ1v) is 8.60. The summed E-state index contributed by atoms with van der Waals surface area (Å²) in [7, 11) is 0. The third-order valence-corrected chi connectivity index (χ3v) is 6.27. The standard InChI is InChI=1S/C14H22N4S/c15-7-13-16-17-14(18(13)12-3-4-12)19-8-11-6-9-1-2-10(11)5-9/h9-12H,1-8,15H2. The number of fused-ring (bicyclic) bond motifs is 2. The molecule has 0 amide bonds.